The Morgan fingerprint density at radius 3 is 1.09 bits per heavy atom. The fourth-order valence-electron chi connectivity index (χ4n) is 3.58. The highest BCUT2D eigenvalue weighted by atomic mass is 16.4. The van der Waals surface area contributed by atoms with Crippen LogP contribution in [0.15, 0.2) is 76.7 Å². The average Bonchev–Trinajstić information content (AvgIpc) is 3.13. The number of hydrogen-bond acceptors (Lipinski definition) is 12. The third-order valence-corrected chi connectivity index (χ3v) is 6.23. The molecule has 290 valence electrons. The topological polar surface area (TPSA) is 323 Å². The van der Waals surface area contributed by atoms with Crippen LogP contribution in [0.25, 0.3) is 0 Å². The van der Waals surface area contributed by atoms with Crippen LogP contribution in [0, 0.1) is 6.92 Å². The molecule has 3 rings (SSSR count). The van der Waals surface area contributed by atoms with Gasteiger partial charge in [-0.15, -0.1) is 0 Å². The second kappa shape index (κ2) is 29.8. The molecule has 8 N–H and O–H groups in total. The maximum absolute atomic E-state index is 10.4. The predicted octanol–water partition coefficient (Wildman–Crippen LogP) is 4.95. The van der Waals surface area contributed by atoms with Crippen molar-refractivity contribution in [2.45, 2.75) is 51.9 Å². The lowest BCUT2D eigenvalue weighted by Crippen LogP contribution is -2.01. The second-order valence-electron chi connectivity index (χ2n) is 10.2. The molecule has 3 aromatic carbocycles. The first kappa shape index (κ1) is 49.3. The first-order valence-corrected chi connectivity index (χ1v) is 15.6. The van der Waals surface area contributed by atoms with Gasteiger partial charge in [0.2, 0.25) is 12.2 Å². The number of aliphatic imine (C=N–C) groups is 2. The van der Waals surface area contributed by atoms with Crippen molar-refractivity contribution < 1.29 is 79.2 Å². The number of hydrogen-bond donors (Lipinski definition) is 8. The summed E-state index contributed by atoms with van der Waals surface area (Å²) in [5.41, 5.74) is 1.72. The number of aromatic carboxylic acids is 4. The summed E-state index contributed by atoms with van der Waals surface area (Å²) in [4.78, 5) is 88.5. The zero-order valence-corrected chi connectivity index (χ0v) is 29.0. The molecule has 0 aliphatic rings. The van der Waals surface area contributed by atoms with Gasteiger partial charge >= 0.3 is 35.8 Å². The molecule has 0 amide bonds. The minimum Gasteiger partial charge on any atom is -0.481 e. The highest BCUT2D eigenvalue weighted by Crippen LogP contribution is 2.26. The van der Waals surface area contributed by atoms with E-state index in [0.29, 0.717) is 29.8 Å². The Hall–Kier alpha value is -6.84. The molecule has 3 aromatic rings. The number of unbranched alkanes of at least 4 members (excludes halogenated alkanes) is 4. The lowest BCUT2D eigenvalue weighted by molar-refractivity contribution is -0.138. The van der Waals surface area contributed by atoms with Gasteiger partial charge in [-0.3, -0.25) is 9.59 Å². The number of carboxylic acid groups (broad SMARTS) is 6. The molecule has 18 heteroatoms. The van der Waals surface area contributed by atoms with Crippen molar-refractivity contribution in [3.05, 3.63) is 94.5 Å². The fraction of sp³-hybridized carbons (Fsp3) is 0.278. The van der Waals surface area contributed by atoms with Crippen LogP contribution >= 0.6 is 0 Å². The van der Waals surface area contributed by atoms with Crippen molar-refractivity contribution in [3.8, 4) is 0 Å². The lowest BCUT2D eigenvalue weighted by atomic mass is 10.1. The number of benzene rings is 3. The van der Waals surface area contributed by atoms with Crippen LogP contribution in [0.1, 0.15) is 91.9 Å². The summed E-state index contributed by atoms with van der Waals surface area (Å²) in [7, 11) is 0. The summed E-state index contributed by atoms with van der Waals surface area (Å²) >= 11 is 0. The Balaban J connectivity index is 0. The molecule has 0 heterocycles. The molecule has 54 heavy (non-hydrogen) atoms. The van der Waals surface area contributed by atoms with E-state index in [2.05, 4.69) is 9.98 Å². The van der Waals surface area contributed by atoms with Crippen LogP contribution in [0.4, 0.5) is 11.4 Å². The third-order valence-electron chi connectivity index (χ3n) is 6.23. The van der Waals surface area contributed by atoms with Gasteiger partial charge in [-0.1, -0.05) is 31.4 Å². The molecule has 0 spiro atoms. The van der Waals surface area contributed by atoms with E-state index < -0.39 is 35.8 Å². The van der Waals surface area contributed by atoms with E-state index in [0.717, 1.165) is 25.3 Å². The van der Waals surface area contributed by atoms with E-state index in [1.807, 2.05) is 0 Å². The van der Waals surface area contributed by atoms with Crippen LogP contribution in [0.5, 0.6) is 0 Å². The van der Waals surface area contributed by atoms with Gasteiger partial charge in [0, 0.05) is 18.4 Å². The smallest absolute Gasteiger partial charge is 0.335 e. The number of isocyanates is 2. The largest absolute Gasteiger partial charge is 0.481 e. The number of aliphatic carboxylic acids is 2. The number of carboxylic acids is 6. The standard InChI is InChI=1S/C9H6N2O2.C9H16O4.2C8H6O4.C2H6O2/c1-7-8(10-5-12)3-2-4-9(7)11-6-13;10-8(11)6-4-2-1-3-5-7-9(12)13;9-7(10)5-1-2-6(4-3-5)8(11)12;9-7(10)5-2-1-3-6(4-5)8(11)12;3-1-2-4/h2-4H,1H3;1-7H2,(H,10,11)(H,12,13);2*1-4H,(H,9,10)(H,11,12);3-4H,1-2H2. The summed E-state index contributed by atoms with van der Waals surface area (Å²) in [5.74, 6) is -5.90. The molecule has 18 nitrogen and oxygen atoms in total. The van der Waals surface area contributed by atoms with Gasteiger partial charge in [-0.25, -0.2) is 28.8 Å². The Labute approximate surface area is 308 Å². The van der Waals surface area contributed by atoms with Crippen molar-refractivity contribution in [2.24, 2.45) is 9.98 Å². The molecule has 0 radical (unpaired) electrons. The molecule has 0 atom stereocenters. The number of nitrogens with zero attached hydrogens (tertiary/aromatic N) is 2. The maximum atomic E-state index is 10.4. The summed E-state index contributed by atoms with van der Waals surface area (Å²) in [6.07, 6.45) is 7.39. The van der Waals surface area contributed by atoms with E-state index >= 15 is 0 Å². The van der Waals surface area contributed by atoms with Gasteiger partial charge in [-0.05, 0) is 74.4 Å². The van der Waals surface area contributed by atoms with Crippen LogP contribution < -0.4 is 0 Å². The normalized spacial score (nSPS) is 9.09. The summed E-state index contributed by atoms with van der Waals surface area (Å²) < 4.78 is 0. The van der Waals surface area contributed by atoms with Gasteiger partial charge in [-0.2, -0.15) is 9.98 Å². The van der Waals surface area contributed by atoms with Gasteiger partial charge in [0.05, 0.1) is 46.8 Å². The van der Waals surface area contributed by atoms with Crippen molar-refractivity contribution in [2.75, 3.05) is 13.2 Å². The molecule has 0 saturated heterocycles. The van der Waals surface area contributed by atoms with E-state index in [4.69, 9.17) is 40.9 Å². The quantitative estimate of drug-likeness (QED) is 0.0577. The maximum Gasteiger partial charge on any atom is 0.335 e. The molecule has 0 aliphatic heterocycles. The SMILES string of the molecule is Cc1c(N=C=O)cccc1N=C=O.O=C(O)CCCCCCCC(=O)O.O=C(O)c1ccc(C(=O)O)cc1.O=C(O)c1cccc(C(=O)O)c1.OCCO. The Morgan fingerprint density at radius 1 is 0.500 bits per heavy atom. The van der Waals surface area contributed by atoms with Gasteiger partial charge in [0.25, 0.3) is 0 Å². The zero-order valence-electron chi connectivity index (χ0n) is 29.0. The molecule has 0 aliphatic carbocycles. The van der Waals surface area contributed by atoms with E-state index in [9.17, 15) is 38.4 Å². The molecule has 0 aromatic heterocycles. The van der Waals surface area contributed by atoms with E-state index in [-0.39, 0.29) is 48.3 Å². The summed E-state index contributed by atoms with van der Waals surface area (Å²) in [6.45, 7) is 1.46. The highest BCUT2D eigenvalue weighted by Gasteiger charge is 2.07. The van der Waals surface area contributed by atoms with Crippen molar-refractivity contribution in [1.82, 2.24) is 0 Å². The van der Waals surface area contributed by atoms with Gasteiger partial charge < -0.3 is 40.9 Å². The molecule has 0 unspecified atom stereocenters. The Bertz CT molecular complexity index is 1640. The molecule has 0 fully saturated rings. The third kappa shape index (κ3) is 24.3. The van der Waals surface area contributed by atoms with Crippen molar-refractivity contribution in [1.29, 1.82) is 0 Å². The fourth-order valence-corrected chi connectivity index (χ4v) is 3.58. The molecule has 0 saturated carbocycles. The van der Waals surface area contributed by atoms with Crippen molar-refractivity contribution >= 4 is 59.4 Å². The number of aliphatic hydroxyl groups is 2. The van der Waals surface area contributed by atoms with Crippen LogP contribution in [0.2, 0.25) is 0 Å². The van der Waals surface area contributed by atoms with Crippen LogP contribution in [-0.4, -0.2) is 102 Å². The molecule has 0 bridgehead atoms. The van der Waals surface area contributed by atoms with E-state index in [1.165, 1.54) is 54.6 Å². The van der Waals surface area contributed by atoms with Crippen molar-refractivity contribution in [3.63, 3.8) is 0 Å². The first-order valence-electron chi connectivity index (χ1n) is 15.6. The average molecular weight is 757 g/mol. The number of carbonyl (C=O) groups is 6. The summed E-state index contributed by atoms with van der Waals surface area (Å²) in [5, 5.41) is 65.8. The number of aliphatic hydroxyl groups excluding tert-OH is 2. The van der Waals surface area contributed by atoms with Crippen LogP contribution in [-0.2, 0) is 19.2 Å². The monoisotopic (exact) mass is 756 g/mol. The number of carbonyl (C=O) groups excluding carboxylic acids is 2. The molecular weight excluding hydrogens is 716 g/mol. The minimum atomic E-state index is -1.13. The highest BCUT2D eigenvalue weighted by molar-refractivity contribution is 5.93. The van der Waals surface area contributed by atoms with Gasteiger partial charge in [0.15, 0.2) is 0 Å². The molecular formula is C36H40N2O16. The number of rotatable bonds is 15. The predicted molar refractivity (Wildman–Crippen MR) is 189 cm³/mol. The zero-order chi connectivity index (χ0) is 41.5. The lowest BCUT2D eigenvalue weighted by Gasteiger charge is -1.99. The first-order chi connectivity index (χ1) is 25.5. The van der Waals surface area contributed by atoms with Gasteiger partial charge in [0.1, 0.15) is 0 Å². The van der Waals surface area contributed by atoms with E-state index in [1.54, 1.807) is 25.1 Å². The Morgan fingerprint density at radius 2 is 0.815 bits per heavy atom. The minimum absolute atomic E-state index is 0.0186. The Kier molecular flexibility index (Phi) is 27.2. The van der Waals surface area contributed by atoms with Crippen LogP contribution in [0.3, 0.4) is 0 Å². The summed E-state index contributed by atoms with van der Waals surface area (Å²) in [6, 6.07) is 15.2. The second-order valence-corrected chi connectivity index (χ2v) is 10.2.